The van der Waals surface area contributed by atoms with Gasteiger partial charge in [0.05, 0.1) is 43.6 Å². The summed E-state index contributed by atoms with van der Waals surface area (Å²) in [6.45, 7) is 6.56. The minimum absolute atomic E-state index is 0.0943. The fourth-order valence-corrected chi connectivity index (χ4v) is 5.65. The molecule has 0 radical (unpaired) electrons. The van der Waals surface area contributed by atoms with Crippen LogP contribution in [0.4, 0.5) is 16.0 Å². The van der Waals surface area contributed by atoms with Crippen LogP contribution in [0.25, 0.3) is 17.0 Å². The van der Waals surface area contributed by atoms with Crippen LogP contribution in [0.5, 0.6) is 0 Å². The molecule has 5 heterocycles. The van der Waals surface area contributed by atoms with Crippen LogP contribution in [-0.4, -0.2) is 77.0 Å². The number of aromatic nitrogens is 4. The first kappa shape index (κ1) is 26.2. The van der Waals surface area contributed by atoms with Crippen LogP contribution in [0.15, 0.2) is 60.8 Å². The second-order valence-corrected chi connectivity index (χ2v) is 10.2. The summed E-state index contributed by atoms with van der Waals surface area (Å²) in [5.41, 5.74) is 3.41. The van der Waals surface area contributed by atoms with E-state index in [9.17, 15) is 4.39 Å². The number of imidazole rings is 1. The Morgan fingerprint density at radius 1 is 0.975 bits per heavy atom. The number of fused-ring (bicyclic) bond motifs is 1. The molecule has 2 aliphatic rings. The Hall–Kier alpha value is -4.07. The summed E-state index contributed by atoms with van der Waals surface area (Å²) in [5, 5.41) is 13.6. The van der Waals surface area contributed by atoms with Crippen LogP contribution in [-0.2, 0) is 4.74 Å². The number of pyridine rings is 1. The first-order valence-corrected chi connectivity index (χ1v) is 14.0. The van der Waals surface area contributed by atoms with Crippen molar-refractivity contribution in [3.63, 3.8) is 0 Å². The highest BCUT2D eigenvalue weighted by Crippen LogP contribution is 2.35. The van der Waals surface area contributed by atoms with E-state index in [0.29, 0.717) is 19.6 Å². The fraction of sp³-hybridized carbons (Fsp3) is 0.400. The SMILES string of the molecule is N#CCCOCCN1CCN(c2cccc(-c3cnc4ccc(N5CCCC5c5cccc(F)c5)nn34)n2)CC1. The van der Waals surface area contributed by atoms with Gasteiger partial charge in [0.2, 0.25) is 0 Å². The van der Waals surface area contributed by atoms with Gasteiger partial charge in [0.1, 0.15) is 23.1 Å². The Kier molecular flexibility index (Phi) is 7.84. The molecule has 3 aromatic heterocycles. The van der Waals surface area contributed by atoms with Gasteiger partial charge in [0.15, 0.2) is 5.65 Å². The molecule has 0 spiro atoms. The first-order valence-electron chi connectivity index (χ1n) is 14.0. The molecule has 40 heavy (non-hydrogen) atoms. The molecule has 9 nitrogen and oxygen atoms in total. The third-order valence-corrected chi connectivity index (χ3v) is 7.73. The largest absolute Gasteiger partial charge is 0.379 e. The van der Waals surface area contributed by atoms with Crippen molar-refractivity contribution in [1.29, 1.82) is 5.26 Å². The minimum Gasteiger partial charge on any atom is -0.379 e. The van der Waals surface area contributed by atoms with Gasteiger partial charge in [-0.2, -0.15) is 5.26 Å². The zero-order valence-corrected chi connectivity index (χ0v) is 22.5. The monoisotopic (exact) mass is 540 g/mol. The molecular formula is C30H33FN8O. The van der Waals surface area contributed by atoms with E-state index in [1.807, 2.05) is 41.0 Å². The van der Waals surface area contributed by atoms with Crippen molar-refractivity contribution in [2.45, 2.75) is 25.3 Å². The molecule has 0 N–H and O–H groups in total. The van der Waals surface area contributed by atoms with Crippen LogP contribution >= 0.6 is 0 Å². The minimum atomic E-state index is -0.210. The number of hydrogen-bond donors (Lipinski definition) is 0. The number of nitrogens with zero attached hydrogens (tertiary/aromatic N) is 8. The van der Waals surface area contributed by atoms with Gasteiger partial charge in [-0.15, -0.1) is 5.10 Å². The van der Waals surface area contributed by atoms with E-state index >= 15 is 0 Å². The first-order chi connectivity index (χ1) is 19.7. The third-order valence-electron chi connectivity index (χ3n) is 7.73. The van der Waals surface area contributed by atoms with E-state index in [2.05, 4.69) is 31.8 Å². The number of anilines is 2. The van der Waals surface area contributed by atoms with Crippen molar-refractivity contribution >= 4 is 17.3 Å². The molecule has 2 saturated heterocycles. The third kappa shape index (κ3) is 5.62. The van der Waals surface area contributed by atoms with E-state index in [4.69, 9.17) is 20.1 Å². The van der Waals surface area contributed by atoms with Gasteiger partial charge in [-0.05, 0) is 54.8 Å². The van der Waals surface area contributed by atoms with Crippen molar-refractivity contribution in [2.75, 3.05) is 62.3 Å². The number of hydrogen-bond acceptors (Lipinski definition) is 8. The second-order valence-electron chi connectivity index (χ2n) is 10.2. The van der Waals surface area contributed by atoms with Gasteiger partial charge in [-0.25, -0.2) is 18.9 Å². The Morgan fingerprint density at radius 3 is 2.70 bits per heavy atom. The average Bonchev–Trinajstić information content (AvgIpc) is 3.65. The number of piperazine rings is 1. The highest BCUT2D eigenvalue weighted by Gasteiger charge is 2.28. The lowest BCUT2D eigenvalue weighted by Gasteiger charge is -2.35. The summed E-state index contributed by atoms with van der Waals surface area (Å²) in [6.07, 6.45) is 4.26. The quantitative estimate of drug-likeness (QED) is 0.290. The van der Waals surface area contributed by atoms with Gasteiger partial charge < -0.3 is 14.5 Å². The van der Waals surface area contributed by atoms with Gasteiger partial charge in [-0.1, -0.05) is 18.2 Å². The summed E-state index contributed by atoms with van der Waals surface area (Å²) in [6, 6.07) is 19.2. The van der Waals surface area contributed by atoms with Gasteiger partial charge in [-0.3, -0.25) is 4.90 Å². The number of halogens is 1. The molecule has 1 atom stereocenters. The van der Waals surface area contributed by atoms with E-state index in [0.717, 1.165) is 86.3 Å². The maximum atomic E-state index is 14.0. The van der Waals surface area contributed by atoms with Crippen molar-refractivity contribution in [3.05, 3.63) is 72.2 Å². The van der Waals surface area contributed by atoms with Crippen LogP contribution < -0.4 is 9.80 Å². The van der Waals surface area contributed by atoms with Crippen LogP contribution in [0.2, 0.25) is 0 Å². The summed E-state index contributed by atoms with van der Waals surface area (Å²) < 4.78 is 21.4. The summed E-state index contributed by atoms with van der Waals surface area (Å²) in [4.78, 5) is 16.6. The van der Waals surface area contributed by atoms with Crippen LogP contribution in [0.3, 0.4) is 0 Å². The molecule has 4 aromatic rings. The molecule has 2 aliphatic heterocycles. The Labute approximate surface area is 233 Å². The smallest absolute Gasteiger partial charge is 0.154 e. The van der Waals surface area contributed by atoms with E-state index in [1.54, 1.807) is 12.1 Å². The van der Waals surface area contributed by atoms with E-state index in [1.165, 1.54) is 6.07 Å². The predicted molar refractivity (Wildman–Crippen MR) is 152 cm³/mol. The highest BCUT2D eigenvalue weighted by atomic mass is 19.1. The van der Waals surface area contributed by atoms with Gasteiger partial charge >= 0.3 is 0 Å². The summed E-state index contributed by atoms with van der Waals surface area (Å²) in [7, 11) is 0. The number of benzene rings is 1. The van der Waals surface area contributed by atoms with Crippen molar-refractivity contribution < 1.29 is 9.13 Å². The number of rotatable bonds is 9. The van der Waals surface area contributed by atoms with Crippen molar-refractivity contribution in [3.8, 4) is 17.5 Å². The average molecular weight is 541 g/mol. The lowest BCUT2D eigenvalue weighted by atomic mass is 10.0. The van der Waals surface area contributed by atoms with Gasteiger partial charge in [0.25, 0.3) is 0 Å². The molecule has 6 rings (SSSR count). The Bertz CT molecular complexity index is 1490. The van der Waals surface area contributed by atoms with Crippen LogP contribution in [0.1, 0.15) is 30.9 Å². The molecule has 0 saturated carbocycles. The lowest BCUT2D eigenvalue weighted by Crippen LogP contribution is -2.47. The zero-order chi connectivity index (χ0) is 27.3. The predicted octanol–water partition coefficient (Wildman–Crippen LogP) is 4.32. The van der Waals surface area contributed by atoms with E-state index in [-0.39, 0.29) is 11.9 Å². The van der Waals surface area contributed by atoms with Crippen molar-refractivity contribution in [1.82, 2.24) is 24.5 Å². The lowest BCUT2D eigenvalue weighted by molar-refractivity contribution is 0.105. The molecule has 2 fully saturated rings. The summed E-state index contributed by atoms with van der Waals surface area (Å²) >= 11 is 0. The Morgan fingerprint density at radius 2 is 1.85 bits per heavy atom. The maximum absolute atomic E-state index is 14.0. The molecular weight excluding hydrogens is 507 g/mol. The molecule has 0 aliphatic carbocycles. The topological polar surface area (TPSA) is 85.8 Å². The Balaban J connectivity index is 1.17. The van der Waals surface area contributed by atoms with E-state index < -0.39 is 0 Å². The molecule has 0 bridgehead atoms. The summed E-state index contributed by atoms with van der Waals surface area (Å²) in [5.74, 6) is 1.58. The maximum Gasteiger partial charge on any atom is 0.154 e. The normalized spacial score (nSPS) is 17.9. The zero-order valence-electron chi connectivity index (χ0n) is 22.5. The standard InChI is InChI=1S/C30H33FN8O/c31-24-6-1-5-23(21-24)26-8-3-13-38(26)30-11-10-28-33-22-27(39(28)35-30)25-7-2-9-29(34-25)37-16-14-36(15-17-37)18-20-40-19-4-12-32/h1-2,5-7,9-11,21-22,26H,3-4,8,13-20H2. The molecule has 1 aromatic carbocycles. The molecule has 0 amide bonds. The molecule has 206 valence electrons. The second kappa shape index (κ2) is 12.0. The molecule has 1 unspecified atom stereocenters. The van der Waals surface area contributed by atoms with Gasteiger partial charge in [0, 0.05) is 39.3 Å². The number of ether oxygens (including phenoxy) is 1. The van der Waals surface area contributed by atoms with Crippen molar-refractivity contribution in [2.24, 2.45) is 0 Å². The van der Waals surface area contributed by atoms with Crippen LogP contribution in [0, 0.1) is 17.1 Å². The highest BCUT2D eigenvalue weighted by molar-refractivity contribution is 5.62. The molecule has 10 heteroatoms. The fourth-order valence-electron chi connectivity index (χ4n) is 5.65. The number of nitriles is 1.